The second kappa shape index (κ2) is 7.95. The minimum atomic E-state index is -0.940. The van der Waals surface area contributed by atoms with Gasteiger partial charge in [0.2, 0.25) is 5.91 Å². The van der Waals surface area contributed by atoms with Gasteiger partial charge in [0.25, 0.3) is 0 Å². The molecule has 2 heterocycles. The molecule has 0 spiro atoms. The summed E-state index contributed by atoms with van der Waals surface area (Å²) in [6, 6.07) is 14.4. The first-order valence-electron chi connectivity index (χ1n) is 9.81. The zero-order valence-electron chi connectivity index (χ0n) is 16.0. The highest BCUT2D eigenvalue weighted by atomic mass is 16.4. The number of aromatic amines is 1. The van der Waals surface area contributed by atoms with Gasteiger partial charge in [-0.1, -0.05) is 24.3 Å². The predicted octanol–water partition coefficient (Wildman–Crippen LogP) is 2.82. The molecule has 1 aliphatic rings. The van der Waals surface area contributed by atoms with Crippen LogP contribution in [0, 0.1) is 0 Å². The SMILES string of the molecule is O=C(O)c1ccc(C2CCCN(C(=O)CCn3c(=O)[nH]c4ccccc43)C2)cc1. The number of para-hydroxylation sites is 2. The Morgan fingerprint density at radius 3 is 2.62 bits per heavy atom. The number of nitrogens with one attached hydrogen (secondary N) is 1. The Bertz CT molecular complexity index is 1100. The number of likely N-dealkylation sites (tertiary alicyclic amines) is 1. The van der Waals surface area contributed by atoms with Crippen molar-refractivity contribution in [3.63, 3.8) is 0 Å². The molecule has 4 rings (SSSR count). The van der Waals surface area contributed by atoms with Crippen molar-refractivity contribution < 1.29 is 14.7 Å². The lowest BCUT2D eigenvalue weighted by molar-refractivity contribution is -0.132. The quantitative estimate of drug-likeness (QED) is 0.697. The molecule has 1 saturated heterocycles. The molecule has 7 nitrogen and oxygen atoms in total. The zero-order chi connectivity index (χ0) is 20.4. The molecule has 1 fully saturated rings. The van der Waals surface area contributed by atoms with E-state index in [4.69, 9.17) is 5.11 Å². The Hall–Kier alpha value is -3.35. The second-order valence-electron chi connectivity index (χ2n) is 7.46. The maximum atomic E-state index is 12.8. The summed E-state index contributed by atoms with van der Waals surface area (Å²) in [5, 5.41) is 9.04. The monoisotopic (exact) mass is 393 g/mol. The number of rotatable bonds is 5. The van der Waals surface area contributed by atoms with Crippen molar-refractivity contribution in [1.29, 1.82) is 0 Å². The number of hydrogen-bond donors (Lipinski definition) is 2. The number of aromatic nitrogens is 2. The predicted molar refractivity (Wildman–Crippen MR) is 109 cm³/mol. The Morgan fingerprint density at radius 1 is 1.10 bits per heavy atom. The fourth-order valence-corrected chi connectivity index (χ4v) is 4.07. The van der Waals surface area contributed by atoms with E-state index in [1.54, 1.807) is 16.7 Å². The first kappa shape index (κ1) is 19.0. The molecule has 1 atom stereocenters. The first-order chi connectivity index (χ1) is 14.0. The molecule has 0 aliphatic carbocycles. The maximum absolute atomic E-state index is 12.8. The molecule has 3 aromatic rings. The van der Waals surface area contributed by atoms with Gasteiger partial charge < -0.3 is 15.0 Å². The summed E-state index contributed by atoms with van der Waals surface area (Å²) in [5.74, 6) is -0.704. The Kier molecular flexibility index (Phi) is 5.20. The van der Waals surface area contributed by atoms with Crippen LogP contribution in [0.4, 0.5) is 0 Å². The molecule has 1 amide bonds. The summed E-state index contributed by atoms with van der Waals surface area (Å²) >= 11 is 0. The van der Waals surface area contributed by atoms with Crippen molar-refractivity contribution in [2.24, 2.45) is 0 Å². The zero-order valence-corrected chi connectivity index (χ0v) is 16.0. The van der Waals surface area contributed by atoms with Gasteiger partial charge in [0.05, 0.1) is 16.6 Å². The number of piperidine rings is 1. The minimum Gasteiger partial charge on any atom is -0.478 e. The third-order valence-corrected chi connectivity index (χ3v) is 5.63. The van der Waals surface area contributed by atoms with Crippen molar-refractivity contribution >= 4 is 22.9 Å². The van der Waals surface area contributed by atoms with Crippen LogP contribution in [0.2, 0.25) is 0 Å². The van der Waals surface area contributed by atoms with Crippen LogP contribution in [-0.2, 0) is 11.3 Å². The molecule has 150 valence electrons. The molecule has 7 heteroatoms. The van der Waals surface area contributed by atoms with Gasteiger partial charge in [-0.2, -0.15) is 0 Å². The van der Waals surface area contributed by atoms with E-state index in [1.807, 2.05) is 41.3 Å². The van der Waals surface area contributed by atoms with Gasteiger partial charge in [-0.15, -0.1) is 0 Å². The minimum absolute atomic E-state index is 0.0361. The molecular formula is C22H23N3O4. The molecule has 1 aliphatic heterocycles. The number of aryl methyl sites for hydroxylation is 1. The number of carbonyl (C=O) groups excluding carboxylic acids is 1. The number of amides is 1. The van der Waals surface area contributed by atoms with Gasteiger partial charge in [0, 0.05) is 32.0 Å². The largest absolute Gasteiger partial charge is 0.478 e. The number of imidazole rings is 1. The third-order valence-electron chi connectivity index (χ3n) is 5.63. The van der Waals surface area contributed by atoms with Gasteiger partial charge in [-0.25, -0.2) is 9.59 Å². The van der Waals surface area contributed by atoms with Crippen LogP contribution in [0.15, 0.2) is 53.3 Å². The van der Waals surface area contributed by atoms with E-state index in [9.17, 15) is 14.4 Å². The van der Waals surface area contributed by atoms with Crippen molar-refractivity contribution in [3.05, 3.63) is 70.1 Å². The highest BCUT2D eigenvalue weighted by Gasteiger charge is 2.25. The van der Waals surface area contributed by atoms with Gasteiger partial charge in [-0.3, -0.25) is 9.36 Å². The smallest absolute Gasteiger partial charge is 0.335 e. The van der Waals surface area contributed by atoms with E-state index in [0.717, 1.165) is 29.4 Å². The Morgan fingerprint density at radius 2 is 1.86 bits per heavy atom. The average Bonchev–Trinajstić information content (AvgIpc) is 3.07. The van der Waals surface area contributed by atoms with E-state index in [0.29, 0.717) is 19.6 Å². The number of nitrogens with zero attached hydrogens (tertiary/aromatic N) is 2. The molecule has 1 unspecified atom stereocenters. The van der Waals surface area contributed by atoms with Crippen LogP contribution in [-0.4, -0.2) is 44.5 Å². The van der Waals surface area contributed by atoms with Crippen LogP contribution < -0.4 is 5.69 Å². The van der Waals surface area contributed by atoms with Crippen molar-refractivity contribution in [3.8, 4) is 0 Å². The van der Waals surface area contributed by atoms with Crippen LogP contribution in [0.3, 0.4) is 0 Å². The second-order valence-corrected chi connectivity index (χ2v) is 7.46. The summed E-state index contributed by atoms with van der Waals surface area (Å²) in [5.41, 5.74) is 2.70. The molecule has 2 aromatic carbocycles. The van der Waals surface area contributed by atoms with E-state index in [-0.39, 0.29) is 29.5 Å². The van der Waals surface area contributed by atoms with Crippen LogP contribution >= 0.6 is 0 Å². The molecule has 1 aromatic heterocycles. The third kappa shape index (κ3) is 3.94. The average molecular weight is 393 g/mol. The van der Waals surface area contributed by atoms with Gasteiger partial charge in [-0.05, 0) is 42.7 Å². The first-order valence-corrected chi connectivity index (χ1v) is 9.81. The number of H-pyrrole nitrogens is 1. The number of carboxylic acids is 1. The van der Waals surface area contributed by atoms with Gasteiger partial charge in [0.1, 0.15) is 0 Å². The number of aromatic carboxylic acids is 1. The number of hydrogen-bond acceptors (Lipinski definition) is 3. The summed E-state index contributed by atoms with van der Waals surface area (Å²) < 4.78 is 1.61. The van der Waals surface area contributed by atoms with Gasteiger partial charge >= 0.3 is 11.7 Å². The van der Waals surface area contributed by atoms with E-state index in [1.165, 1.54) is 0 Å². The lowest BCUT2D eigenvalue weighted by Gasteiger charge is -2.33. The summed E-state index contributed by atoms with van der Waals surface area (Å²) in [4.78, 5) is 40.7. The highest BCUT2D eigenvalue weighted by Crippen LogP contribution is 2.27. The molecule has 0 bridgehead atoms. The lowest BCUT2D eigenvalue weighted by Crippen LogP contribution is -2.39. The van der Waals surface area contributed by atoms with Crippen LogP contribution in [0.1, 0.15) is 41.1 Å². The van der Waals surface area contributed by atoms with E-state index < -0.39 is 5.97 Å². The normalized spacial score (nSPS) is 16.8. The Labute approximate surface area is 167 Å². The van der Waals surface area contributed by atoms with E-state index >= 15 is 0 Å². The summed E-state index contributed by atoms with van der Waals surface area (Å²) in [7, 11) is 0. The molecular weight excluding hydrogens is 370 g/mol. The standard InChI is InChI=1S/C22H23N3O4/c26-20(11-13-25-19-6-2-1-5-18(19)23-22(25)29)24-12-3-4-17(14-24)15-7-9-16(10-8-15)21(27)28/h1-2,5-10,17H,3-4,11-14H2,(H,23,29)(H,27,28). The number of carbonyl (C=O) groups is 2. The molecule has 2 N–H and O–H groups in total. The maximum Gasteiger partial charge on any atom is 0.335 e. The fourth-order valence-electron chi connectivity index (χ4n) is 4.07. The summed E-state index contributed by atoms with van der Waals surface area (Å²) in [6.45, 7) is 1.68. The van der Waals surface area contributed by atoms with Crippen LogP contribution in [0.25, 0.3) is 11.0 Å². The highest BCUT2D eigenvalue weighted by molar-refractivity contribution is 5.87. The number of fused-ring (bicyclic) bond motifs is 1. The van der Waals surface area contributed by atoms with Crippen molar-refractivity contribution in [1.82, 2.24) is 14.5 Å². The molecule has 0 radical (unpaired) electrons. The molecule has 0 saturated carbocycles. The lowest BCUT2D eigenvalue weighted by atomic mass is 9.90. The van der Waals surface area contributed by atoms with Crippen molar-refractivity contribution in [2.45, 2.75) is 31.7 Å². The number of benzene rings is 2. The topological polar surface area (TPSA) is 95.4 Å². The van der Waals surface area contributed by atoms with Crippen LogP contribution in [0.5, 0.6) is 0 Å². The fraction of sp³-hybridized carbons (Fsp3) is 0.318. The van der Waals surface area contributed by atoms with Crippen molar-refractivity contribution in [2.75, 3.05) is 13.1 Å². The van der Waals surface area contributed by atoms with Gasteiger partial charge in [0.15, 0.2) is 0 Å². The summed E-state index contributed by atoms with van der Waals surface area (Å²) in [6.07, 6.45) is 2.15. The van der Waals surface area contributed by atoms with E-state index in [2.05, 4.69) is 4.98 Å². The molecule has 29 heavy (non-hydrogen) atoms. The Balaban J connectivity index is 1.41. The number of carboxylic acid groups (broad SMARTS) is 1.